The maximum atomic E-state index is 12.6. The van der Waals surface area contributed by atoms with Crippen molar-refractivity contribution in [3.05, 3.63) is 52.3 Å². The molecule has 0 aliphatic heterocycles. The van der Waals surface area contributed by atoms with E-state index in [9.17, 15) is 18.0 Å². The number of hydrogen-bond donors (Lipinski definition) is 0. The third-order valence-electron chi connectivity index (χ3n) is 4.79. The molecule has 0 aliphatic carbocycles. The Kier molecular flexibility index (Phi) is 6.91. The van der Waals surface area contributed by atoms with Crippen LogP contribution in [0, 0.1) is 19.8 Å². The summed E-state index contributed by atoms with van der Waals surface area (Å²) in [6, 6.07) is 4.92. The van der Waals surface area contributed by atoms with Gasteiger partial charge < -0.3 is 4.90 Å². The van der Waals surface area contributed by atoms with Crippen LogP contribution >= 0.6 is 0 Å². The number of nitrogens with zero attached hydrogens (tertiary/aromatic N) is 3. The van der Waals surface area contributed by atoms with Gasteiger partial charge in [-0.2, -0.15) is 18.3 Å². The van der Waals surface area contributed by atoms with Crippen molar-refractivity contribution in [2.75, 3.05) is 7.05 Å². The Bertz CT molecular complexity index is 808. The summed E-state index contributed by atoms with van der Waals surface area (Å²) in [7, 11) is 1.67. The van der Waals surface area contributed by atoms with Crippen LogP contribution in [0.15, 0.2) is 24.3 Å². The van der Waals surface area contributed by atoms with Gasteiger partial charge in [0.15, 0.2) is 0 Å². The van der Waals surface area contributed by atoms with Crippen molar-refractivity contribution in [1.82, 2.24) is 14.7 Å². The smallest absolute Gasteiger partial charge is 0.341 e. The van der Waals surface area contributed by atoms with Crippen molar-refractivity contribution >= 4 is 5.91 Å². The van der Waals surface area contributed by atoms with Crippen LogP contribution in [0.2, 0.25) is 0 Å². The van der Waals surface area contributed by atoms with Gasteiger partial charge in [-0.3, -0.25) is 9.48 Å². The lowest BCUT2D eigenvalue weighted by molar-refractivity contribution is -0.137. The first-order valence-corrected chi connectivity index (χ1v) is 9.42. The van der Waals surface area contributed by atoms with Crippen LogP contribution in [0.5, 0.6) is 0 Å². The van der Waals surface area contributed by atoms with Crippen molar-refractivity contribution < 1.29 is 18.0 Å². The van der Waals surface area contributed by atoms with E-state index in [4.69, 9.17) is 0 Å². The minimum absolute atomic E-state index is 0.0460. The zero-order chi connectivity index (χ0) is 21.1. The first-order chi connectivity index (χ1) is 13.0. The third-order valence-corrected chi connectivity index (χ3v) is 4.79. The first kappa shape index (κ1) is 22.0. The Morgan fingerprint density at radius 3 is 2.32 bits per heavy atom. The number of carbonyl (C=O) groups is 1. The minimum atomic E-state index is -4.35. The highest BCUT2D eigenvalue weighted by Crippen LogP contribution is 2.29. The molecule has 0 bridgehead atoms. The van der Waals surface area contributed by atoms with Gasteiger partial charge in [0.05, 0.1) is 11.3 Å². The molecule has 7 heteroatoms. The number of rotatable bonds is 7. The molecule has 0 spiro atoms. The molecule has 2 aromatic rings. The Morgan fingerprint density at radius 2 is 1.79 bits per heavy atom. The van der Waals surface area contributed by atoms with Crippen LogP contribution in [-0.2, 0) is 30.5 Å². The number of aromatic nitrogens is 2. The zero-order valence-electron chi connectivity index (χ0n) is 17.1. The van der Waals surface area contributed by atoms with E-state index in [-0.39, 0.29) is 12.5 Å². The van der Waals surface area contributed by atoms with Crippen LogP contribution in [0.1, 0.15) is 48.3 Å². The second-order valence-corrected chi connectivity index (χ2v) is 7.67. The van der Waals surface area contributed by atoms with Gasteiger partial charge in [0.1, 0.15) is 0 Å². The zero-order valence-corrected chi connectivity index (χ0v) is 17.1. The van der Waals surface area contributed by atoms with Gasteiger partial charge in [-0.05, 0) is 49.4 Å². The molecule has 1 amide bonds. The highest BCUT2D eigenvalue weighted by molar-refractivity contribution is 5.76. The van der Waals surface area contributed by atoms with E-state index in [2.05, 4.69) is 18.9 Å². The molecular formula is C21H28F3N3O. The number of amides is 1. The second-order valence-electron chi connectivity index (χ2n) is 7.67. The molecule has 2 rings (SSSR count). The van der Waals surface area contributed by atoms with E-state index in [1.54, 1.807) is 11.9 Å². The lowest BCUT2D eigenvalue weighted by Gasteiger charge is -2.18. The fourth-order valence-electron chi connectivity index (χ4n) is 3.20. The number of hydrogen-bond acceptors (Lipinski definition) is 2. The lowest BCUT2D eigenvalue weighted by Crippen LogP contribution is -2.26. The Hall–Kier alpha value is -2.31. The van der Waals surface area contributed by atoms with Crippen LogP contribution in [0.4, 0.5) is 13.2 Å². The van der Waals surface area contributed by atoms with Gasteiger partial charge in [0.25, 0.3) is 0 Å². The summed E-state index contributed by atoms with van der Waals surface area (Å²) in [5.41, 5.74) is 3.10. The SMILES string of the molecule is Cc1nn(CC(C)C)c(C)c1CCC(=O)N(C)Cc1ccc(C(F)(F)F)cc1. The van der Waals surface area contributed by atoms with Crippen molar-refractivity contribution in [2.45, 2.75) is 59.8 Å². The summed E-state index contributed by atoms with van der Waals surface area (Å²) >= 11 is 0. The van der Waals surface area contributed by atoms with Crippen molar-refractivity contribution in [1.29, 1.82) is 0 Å². The summed E-state index contributed by atoms with van der Waals surface area (Å²) in [4.78, 5) is 14.0. The topological polar surface area (TPSA) is 38.1 Å². The molecule has 0 N–H and O–H groups in total. The van der Waals surface area contributed by atoms with E-state index in [1.165, 1.54) is 12.1 Å². The van der Waals surface area contributed by atoms with Crippen LogP contribution in [0.25, 0.3) is 0 Å². The van der Waals surface area contributed by atoms with E-state index >= 15 is 0 Å². The van der Waals surface area contributed by atoms with E-state index in [0.29, 0.717) is 24.3 Å². The van der Waals surface area contributed by atoms with Crippen LogP contribution < -0.4 is 0 Å². The van der Waals surface area contributed by atoms with Crippen LogP contribution in [0.3, 0.4) is 0 Å². The monoisotopic (exact) mass is 395 g/mol. The summed E-state index contributed by atoms with van der Waals surface area (Å²) in [6.45, 7) is 9.37. The van der Waals surface area contributed by atoms with Gasteiger partial charge in [0.2, 0.25) is 5.91 Å². The molecule has 1 aromatic heterocycles. The van der Waals surface area contributed by atoms with Gasteiger partial charge in [-0.15, -0.1) is 0 Å². The predicted molar refractivity (Wildman–Crippen MR) is 103 cm³/mol. The van der Waals surface area contributed by atoms with Crippen molar-refractivity contribution in [2.24, 2.45) is 5.92 Å². The normalized spacial score (nSPS) is 11.9. The predicted octanol–water partition coefficient (Wildman–Crippen LogP) is 4.77. The maximum absolute atomic E-state index is 12.6. The Morgan fingerprint density at radius 1 is 1.18 bits per heavy atom. The summed E-state index contributed by atoms with van der Waals surface area (Å²) in [5.74, 6) is 0.442. The van der Waals surface area contributed by atoms with Crippen molar-refractivity contribution in [3.63, 3.8) is 0 Å². The summed E-state index contributed by atoms with van der Waals surface area (Å²) in [5, 5.41) is 4.57. The molecule has 1 aromatic carbocycles. The molecule has 1 heterocycles. The molecule has 0 radical (unpaired) electrons. The number of halogens is 3. The maximum Gasteiger partial charge on any atom is 0.416 e. The van der Waals surface area contributed by atoms with E-state index in [1.807, 2.05) is 18.5 Å². The summed E-state index contributed by atoms with van der Waals surface area (Å²) < 4.78 is 39.9. The van der Waals surface area contributed by atoms with Gasteiger partial charge in [-0.25, -0.2) is 0 Å². The molecule has 0 saturated heterocycles. The molecule has 0 unspecified atom stereocenters. The lowest BCUT2D eigenvalue weighted by atomic mass is 10.1. The Balaban J connectivity index is 1.95. The van der Waals surface area contributed by atoms with Crippen LogP contribution in [-0.4, -0.2) is 27.6 Å². The van der Waals surface area contributed by atoms with E-state index < -0.39 is 11.7 Å². The standard InChI is InChI=1S/C21H28F3N3O/c1-14(2)12-27-16(4)19(15(3)25-27)10-11-20(28)26(5)13-17-6-8-18(9-7-17)21(22,23)24/h6-9,14H,10-13H2,1-5H3. The molecule has 4 nitrogen and oxygen atoms in total. The largest absolute Gasteiger partial charge is 0.416 e. The number of aryl methyl sites for hydroxylation is 1. The number of benzene rings is 1. The molecule has 0 atom stereocenters. The van der Waals surface area contributed by atoms with Gasteiger partial charge in [0, 0.05) is 32.3 Å². The highest BCUT2D eigenvalue weighted by atomic mass is 19.4. The highest BCUT2D eigenvalue weighted by Gasteiger charge is 2.30. The molecule has 0 fully saturated rings. The third kappa shape index (κ3) is 5.59. The fraction of sp³-hybridized carbons (Fsp3) is 0.524. The fourth-order valence-corrected chi connectivity index (χ4v) is 3.20. The van der Waals surface area contributed by atoms with Gasteiger partial charge >= 0.3 is 6.18 Å². The summed E-state index contributed by atoms with van der Waals surface area (Å²) in [6.07, 6.45) is -3.41. The minimum Gasteiger partial charge on any atom is -0.341 e. The van der Waals surface area contributed by atoms with Gasteiger partial charge in [-0.1, -0.05) is 26.0 Å². The molecule has 0 saturated carbocycles. The number of carbonyl (C=O) groups excluding carboxylic acids is 1. The average Bonchev–Trinajstić information content (AvgIpc) is 2.85. The number of alkyl halides is 3. The molecule has 154 valence electrons. The molecule has 0 aliphatic rings. The van der Waals surface area contributed by atoms with Crippen molar-refractivity contribution in [3.8, 4) is 0 Å². The Labute approximate surface area is 164 Å². The molecule has 28 heavy (non-hydrogen) atoms. The quantitative estimate of drug-likeness (QED) is 0.678. The second kappa shape index (κ2) is 8.80. The molecular weight excluding hydrogens is 367 g/mol. The first-order valence-electron chi connectivity index (χ1n) is 9.42. The average molecular weight is 395 g/mol. The van der Waals surface area contributed by atoms with E-state index in [0.717, 1.165) is 35.6 Å².